The van der Waals surface area contributed by atoms with Crippen LogP contribution in [0.5, 0.6) is 0 Å². The highest BCUT2D eigenvalue weighted by molar-refractivity contribution is 7.74. The maximum Gasteiger partial charge on any atom is 0.129 e. The molecule has 6 heteroatoms. The van der Waals surface area contributed by atoms with E-state index in [-0.39, 0.29) is 22.9 Å². The minimum atomic E-state index is -2.07. The van der Waals surface area contributed by atoms with Gasteiger partial charge in [-0.2, -0.15) is 0 Å². The van der Waals surface area contributed by atoms with E-state index in [0.29, 0.717) is 12.1 Å². The summed E-state index contributed by atoms with van der Waals surface area (Å²) in [6, 6.07) is 4.55. The Morgan fingerprint density at radius 2 is 1.62 bits per heavy atom. The number of allylic oxidation sites excluding steroid dienone is 1. The highest BCUT2D eigenvalue weighted by atomic mass is 31.2. The maximum atomic E-state index is 14.8. The van der Waals surface area contributed by atoms with Crippen molar-refractivity contribution >= 4 is 13.2 Å². The normalized spacial score (nSPS) is 30.8. The van der Waals surface area contributed by atoms with E-state index in [9.17, 15) is 8.78 Å². The van der Waals surface area contributed by atoms with E-state index in [1.807, 2.05) is 0 Å². The van der Waals surface area contributed by atoms with Crippen LogP contribution in [-0.2, 0) is 6.16 Å². The van der Waals surface area contributed by atoms with Gasteiger partial charge >= 0.3 is 0 Å². The Morgan fingerprint density at radius 3 is 2.33 bits per heavy atom. The molecule has 232 valence electrons. The van der Waals surface area contributed by atoms with Gasteiger partial charge in [-0.3, -0.25) is 0 Å². The third-order valence-corrected chi connectivity index (χ3v) is 14.4. The van der Waals surface area contributed by atoms with Gasteiger partial charge in [0, 0.05) is 29.2 Å². The van der Waals surface area contributed by atoms with Gasteiger partial charge in [0.25, 0.3) is 0 Å². The molecule has 4 fully saturated rings. The van der Waals surface area contributed by atoms with Crippen LogP contribution in [-0.4, -0.2) is 41.8 Å². The van der Waals surface area contributed by atoms with Crippen molar-refractivity contribution in [3.63, 3.8) is 0 Å². The Balaban J connectivity index is 1.35. The van der Waals surface area contributed by atoms with Gasteiger partial charge in [0.05, 0.1) is 17.4 Å². The molecule has 2 unspecified atom stereocenters. The monoisotopic (exact) mass is 597 g/mol. The van der Waals surface area contributed by atoms with Crippen molar-refractivity contribution in [3.05, 3.63) is 72.2 Å². The summed E-state index contributed by atoms with van der Waals surface area (Å²) in [6.07, 6.45) is 23.0. The van der Waals surface area contributed by atoms with E-state index in [0.717, 1.165) is 68.1 Å². The van der Waals surface area contributed by atoms with Crippen molar-refractivity contribution < 1.29 is 8.78 Å². The average Bonchev–Trinajstić information content (AvgIpc) is 3.27. The molecule has 5 atom stereocenters. The molecule has 2 saturated heterocycles. The standard InChI is InChI=1S/C36H54F2N3P/c1-26(23-29-15-11-12-16-29)39-34-20-10-8-6-7-9-17-30-24-36(30,40-27(2)35-21-14-22-41(35)28(34)3)42(4,5)25-31-32(37)18-13-19-33(31)38/h13,18-19,29-30,34-35,39-40H,1-4,6-12,14-17,20-25H2,5H3/t30-,34+,35?,36+,42?/m1/s1. The largest absolute Gasteiger partial charge is 0.381 e. The molecule has 4 aliphatic rings. The Bertz CT molecular complexity index is 1180. The first-order valence-corrected chi connectivity index (χ1v) is 19.2. The van der Waals surface area contributed by atoms with Gasteiger partial charge in [-0.25, -0.2) is 8.78 Å². The van der Waals surface area contributed by atoms with E-state index in [1.165, 1.54) is 76.0 Å². The van der Waals surface area contributed by atoms with Gasteiger partial charge in [0.15, 0.2) is 0 Å². The lowest BCUT2D eigenvalue weighted by Gasteiger charge is -2.39. The van der Waals surface area contributed by atoms with Crippen LogP contribution < -0.4 is 10.6 Å². The quantitative estimate of drug-likeness (QED) is 0.307. The maximum absolute atomic E-state index is 14.8. The molecule has 3 nitrogen and oxygen atoms in total. The Hall–Kier alpha value is -2.00. The lowest BCUT2D eigenvalue weighted by atomic mass is 9.99. The van der Waals surface area contributed by atoms with Crippen LogP contribution in [0.4, 0.5) is 8.78 Å². The van der Waals surface area contributed by atoms with Gasteiger partial charge in [-0.15, -0.1) is 0 Å². The number of rotatable bonds is 7. The molecule has 2 heterocycles. The molecule has 2 aliphatic heterocycles. The number of hydrogen-bond acceptors (Lipinski definition) is 3. The molecule has 2 N–H and O–H groups in total. The van der Waals surface area contributed by atoms with E-state index in [1.54, 1.807) is 0 Å². The summed E-state index contributed by atoms with van der Waals surface area (Å²) in [5, 5.41) is 7.58. The number of nitrogens with zero attached hydrogens (tertiary/aromatic N) is 1. The van der Waals surface area contributed by atoms with Crippen LogP contribution in [0, 0.1) is 23.5 Å². The van der Waals surface area contributed by atoms with E-state index >= 15 is 0 Å². The molecule has 0 amide bonds. The molecule has 0 radical (unpaired) electrons. The Labute approximate surface area is 254 Å². The predicted octanol–water partition coefficient (Wildman–Crippen LogP) is 9.14. The number of nitrogens with one attached hydrogen (secondary N) is 2. The first-order chi connectivity index (χ1) is 20.1. The van der Waals surface area contributed by atoms with E-state index in [4.69, 9.17) is 6.30 Å². The number of fused-ring (bicyclic) bond motifs is 2. The zero-order valence-electron chi connectivity index (χ0n) is 26.0. The lowest BCUT2D eigenvalue weighted by molar-refractivity contribution is 0.302. The van der Waals surface area contributed by atoms with Crippen molar-refractivity contribution in [1.29, 1.82) is 0 Å². The van der Waals surface area contributed by atoms with E-state index in [2.05, 4.69) is 41.9 Å². The van der Waals surface area contributed by atoms with Crippen LogP contribution >= 0.6 is 6.89 Å². The summed E-state index contributed by atoms with van der Waals surface area (Å²) in [5.74, 6) is 0.322. The summed E-state index contributed by atoms with van der Waals surface area (Å²) in [7, 11) is 0. The highest BCUT2D eigenvalue weighted by Crippen LogP contribution is 2.72. The predicted molar refractivity (Wildman–Crippen MR) is 177 cm³/mol. The van der Waals surface area contributed by atoms with E-state index < -0.39 is 18.5 Å². The SMILES string of the molecule is C=C(CC1CCCC1)N[C@H]1CCCCCCC[C@@H]2C[C@@]2(P(=C)(C)Cc2c(F)cccc2F)NC(=C)C2CCCN2C1=C. The number of hydrogen-bond donors (Lipinski definition) is 2. The minimum absolute atomic E-state index is 0.165. The summed E-state index contributed by atoms with van der Waals surface area (Å²) in [6.45, 7) is 14.9. The summed E-state index contributed by atoms with van der Waals surface area (Å²) < 4.78 is 29.6. The Morgan fingerprint density at radius 1 is 0.976 bits per heavy atom. The molecule has 2 saturated carbocycles. The lowest BCUT2D eigenvalue weighted by Crippen LogP contribution is -2.45. The van der Waals surface area contributed by atoms with Crippen molar-refractivity contribution in [2.24, 2.45) is 11.8 Å². The zero-order valence-corrected chi connectivity index (χ0v) is 26.9. The molecular weight excluding hydrogens is 543 g/mol. The molecule has 1 aromatic carbocycles. The molecule has 0 bridgehead atoms. The highest BCUT2D eigenvalue weighted by Gasteiger charge is 2.59. The first kappa shape index (κ1) is 31.4. The summed E-state index contributed by atoms with van der Waals surface area (Å²) >= 11 is 0. The third-order valence-electron chi connectivity index (χ3n) is 10.8. The van der Waals surface area contributed by atoms with Gasteiger partial charge in [-0.05, 0) is 75.3 Å². The van der Waals surface area contributed by atoms with Gasteiger partial charge in [0.1, 0.15) is 11.6 Å². The Kier molecular flexibility index (Phi) is 9.97. The van der Waals surface area contributed by atoms with Crippen LogP contribution in [0.15, 0.2) is 55.0 Å². The van der Waals surface area contributed by atoms with Gasteiger partial charge < -0.3 is 15.5 Å². The second kappa shape index (κ2) is 13.3. The number of benzene rings is 1. The molecule has 2 aliphatic carbocycles. The van der Waals surface area contributed by atoms with Crippen LogP contribution in [0.25, 0.3) is 0 Å². The number of halogens is 2. The second-order valence-electron chi connectivity index (χ2n) is 14.1. The van der Waals surface area contributed by atoms with Gasteiger partial charge in [-0.1, -0.05) is 96.8 Å². The van der Waals surface area contributed by atoms with Crippen molar-refractivity contribution in [3.8, 4) is 0 Å². The fraction of sp³-hybridized carbons (Fsp3) is 0.639. The smallest absolute Gasteiger partial charge is 0.129 e. The van der Waals surface area contributed by atoms with Crippen molar-refractivity contribution in [2.75, 3.05) is 13.2 Å². The summed E-state index contributed by atoms with van der Waals surface area (Å²) in [4.78, 5) is 2.48. The average molecular weight is 598 g/mol. The molecule has 42 heavy (non-hydrogen) atoms. The third kappa shape index (κ3) is 6.87. The van der Waals surface area contributed by atoms with Crippen molar-refractivity contribution in [1.82, 2.24) is 15.5 Å². The molecule has 0 aromatic heterocycles. The van der Waals surface area contributed by atoms with Crippen LogP contribution in [0.1, 0.15) is 102 Å². The van der Waals surface area contributed by atoms with Crippen LogP contribution in [0.2, 0.25) is 0 Å². The zero-order chi connectivity index (χ0) is 29.9. The van der Waals surface area contributed by atoms with Crippen LogP contribution in [0.3, 0.4) is 0 Å². The molecule has 0 spiro atoms. The molecule has 1 aromatic rings. The van der Waals surface area contributed by atoms with Gasteiger partial charge in [0.2, 0.25) is 0 Å². The van der Waals surface area contributed by atoms with Crippen molar-refractivity contribution in [2.45, 2.75) is 120 Å². The molecule has 5 rings (SSSR count). The fourth-order valence-corrected chi connectivity index (χ4v) is 11.6. The second-order valence-corrected chi connectivity index (χ2v) is 18.0. The molecular formula is C36H54F2N3P. The topological polar surface area (TPSA) is 27.3 Å². The first-order valence-electron chi connectivity index (χ1n) is 16.6. The summed E-state index contributed by atoms with van der Waals surface area (Å²) in [5.41, 5.74) is 3.54. The fourth-order valence-electron chi connectivity index (χ4n) is 8.27. The minimum Gasteiger partial charge on any atom is -0.381 e.